The van der Waals surface area contributed by atoms with Gasteiger partial charge in [-0.15, -0.1) is 0 Å². The van der Waals surface area contributed by atoms with Crippen molar-refractivity contribution >= 4 is 35.0 Å². The Kier molecular flexibility index (Phi) is 7.43. The molecular formula is C24H25ClN4O3. The third-order valence-corrected chi connectivity index (χ3v) is 4.67. The summed E-state index contributed by atoms with van der Waals surface area (Å²) in [6, 6.07) is 15.9. The number of nitrogens with one attached hydrogen (secondary N) is 1. The van der Waals surface area contributed by atoms with E-state index in [1.54, 1.807) is 47.5 Å². The number of ether oxygens (including phenoxy) is 1. The molecule has 8 heteroatoms. The van der Waals surface area contributed by atoms with Gasteiger partial charge < -0.3 is 10.1 Å². The molecule has 0 saturated carbocycles. The Bertz CT molecular complexity index is 1070. The van der Waals surface area contributed by atoms with E-state index in [1.165, 1.54) is 6.20 Å². The van der Waals surface area contributed by atoms with Crippen LogP contribution in [-0.4, -0.2) is 34.1 Å². The topological polar surface area (TPSA) is 84.4 Å². The van der Waals surface area contributed by atoms with Gasteiger partial charge in [-0.2, -0.15) is 0 Å². The number of carbonyl (C=O) groups excluding carboxylic acids is 2. The van der Waals surface area contributed by atoms with Gasteiger partial charge in [0.1, 0.15) is 10.8 Å². The van der Waals surface area contributed by atoms with Gasteiger partial charge in [0.05, 0.1) is 5.56 Å². The number of amides is 2. The summed E-state index contributed by atoms with van der Waals surface area (Å²) in [6.07, 6.45) is 3.36. The maximum Gasteiger partial charge on any atom is 0.414 e. The Balaban J connectivity index is 1.76. The molecule has 1 aromatic carbocycles. The van der Waals surface area contributed by atoms with Crippen LogP contribution in [0.1, 0.15) is 36.8 Å². The van der Waals surface area contributed by atoms with E-state index >= 15 is 0 Å². The van der Waals surface area contributed by atoms with Gasteiger partial charge in [0.25, 0.3) is 5.91 Å². The smallest absolute Gasteiger partial charge is 0.414 e. The van der Waals surface area contributed by atoms with Crippen LogP contribution in [-0.2, 0) is 11.2 Å². The molecule has 0 aliphatic carbocycles. The highest BCUT2D eigenvalue weighted by Crippen LogP contribution is 2.22. The third kappa shape index (κ3) is 6.52. The minimum Gasteiger partial charge on any atom is -0.443 e. The Morgan fingerprint density at radius 3 is 2.34 bits per heavy atom. The first kappa shape index (κ1) is 23.2. The average molecular weight is 453 g/mol. The van der Waals surface area contributed by atoms with Crippen molar-refractivity contribution in [3.63, 3.8) is 0 Å². The number of hydrogen-bond donors (Lipinski definition) is 1. The number of hydrogen-bond acceptors (Lipinski definition) is 5. The minimum absolute atomic E-state index is 0.132. The molecule has 0 aliphatic rings. The van der Waals surface area contributed by atoms with Crippen LogP contribution < -0.4 is 10.2 Å². The zero-order valence-electron chi connectivity index (χ0n) is 18.2. The van der Waals surface area contributed by atoms with Crippen molar-refractivity contribution in [2.75, 3.05) is 16.8 Å². The first-order chi connectivity index (χ1) is 15.2. The van der Waals surface area contributed by atoms with Crippen molar-refractivity contribution in [3.05, 3.63) is 83.4 Å². The van der Waals surface area contributed by atoms with Gasteiger partial charge in [0, 0.05) is 42.4 Å². The summed E-state index contributed by atoms with van der Waals surface area (Å²) in [5.41, 5.74) is 1.74. The molecule has 2 heterocycles. The number of benzene rings is 1. The van der Waals surface area contributed by atoms with E-state index in [-0.39, 0.29) is 16.6 Å². The fourth-order valence-corrected chi connectivity index (χ4v) is 3.10. The summed E-state index contributed by atoms with van der Waals surface area (Å²) in [4.78, 5) is 35.1. The minimum atomic E-state index is -0.628. The lowest BCUT2D eigenvalue weighted by atomic mass is 10.2. The molecule has 166 valence electrons. The molecule has 7 nitrogen and oxygen atoms in total. The zero-order valence-corrected chi connectivity index (χ0v) is 19.0. The van der Waals surface area contributed by atoms with E-state index in [2.05, 4.69) is 15.3 Å². The van der Waals surface area contributed by atoms with Crippen LogP contribution in [0, 0.1) is 0 Å². The zero-order chi connectivity index (χ0) is 23.1. The lowest BCUT2D eigenvalue weighted by Gasteiger charge is -2.27. The van der Waals surface area contributed by atoms with Crippen molar-refractivity contribution in [2.45, 2.75) is 32.8 Å². The van der Waals surface area contributed by atoms with E-state index in [0.29, 0.717) is 24.3 Å². The van der Waals surface area contributed by atoms with Crippen LogP contribution >= 0.6 is 11.6 Å². The van der Waals surface area contributed by atoms with Crippen LogP contribution in [0.4, 0.5) is 16.2 Å². The number of nitrogens with zero attached hydrogens (tertiary/aromatic N) is 3. The summed E-state index contributed by atoms with van der Waals surface area (Å²) in [5, 5.41) is 2.91. The molecule has 2 amide bonds. The first-order valence-electron chi connectivity index (χ1n) is 10.2. The Labute approximate surface area is 192 Å². The highest BCUT2D eigenvalue weighted by atomic mass is 35.5. The molecule has 3 aromatic rings. The molecule has 0 aliphatic heterocycles. The summed E-state index contributed by atoms with van der Waals surface area (Å²) in [7, 11) is 0. The van der Waals surface area contributed by atoms with E-state index in [0.717, 1.165) is 5.69 Å². The van der Waals surface area contributed by atoms with Gasteiger partial charge in [-0.1, -0.05) is 17.7 Å². The molecule has 0 unspecified atom stereocenters. The SMILES string of the molecule is CC(C)(C)OC(=O)N(CCc1ccccn1)c1ccc(NC(=O)c2cccnc2Cl)cc1. The maximum absolute atomic E-state index is 12.9. The van der Waals surface area contributed by atoms with Crippen LogP contribution in [0.5, 0.6) is 0 Å². The third-order valence-electron chi connectivity index (χ3n) is 4.37. The normalized spacial score (nSPS) is 11.0. The summed E-state index contributed by atoms with van der Waals surface area (Å²) < 4.78 is 5.58. The standard InChI is InChI=1S/C24H25ClN4O3/c1-24(2,3)32-23(31)29(16-13-17-7-4-5-14-26-17)19-11-9-18(10-12-19)28-22(30)20-8-6-15-27-21(20)25/h4-12,14-15H,13,16H2,1-3H3,(H,28,30). The Morgan fingerprint density at radius 1 is 1.00 bits per heavy atom. The molecule has 32 heavy (non-hydrogen) atoms. The lowest BCUT2D eigenvalue weighted by molar-refractivity contribution is 0.0580. The molecule has 2 aromatic heterocycles. The number of anilines is 2. The van der Waals surface area contributed by atoms with Gasteiger partial charge in [-0.05, 0) is 69.3 Å². The molecule has 0 bridgehead atoms. The van der Waals surface area contributed by atoms with E-state index in [4.69, 9.17) is 16.3 Å². The predicted molar refractivity (Wildman–Crippen MR) is 125 cm³/mol. The van der Waals surface area contributed by atoms with Gasteiger partial charge in [0.2, 0.25) is 0 Å². The second-order valence-electron chi connectivity index (χ2n) is 8.05. The van der Waals surface area contributed by atoms with E-state index in [9.17, 15) is 9.59 Å². The molecule has 0 fully saturated rings. The molecular weight excluding hydrogens is 428 g/mol. The van der Waals surface area contributed by atoms with Crippen LogP contribution in [0.2, 0.25) is 5.15 Å². The highest BCUT2D eigenvalue weighted by Gasteiger charge is 2.23. The second kappa shape index (κ2) is 10.2. The fourth-order valence-electron chi connectivity index (χ4n) is 2.89. The number of carbonyl (C=O) groups is 2. The molecule has 0 spiro atoms. The number of halogens is 1. The van der Waals surface area contributed by atoms with Crippen molar-refractivity contribution in [3.8, 4) is 0 Å². The second-order valence-corrected chi connectivity index (χ2v) is 8.40. The first-order valence-corrected chi connectivity index (χ1v) is 10.5. The molecule has 1 N–H and O–H groups in total. The van der Waals surface area contributed by atoms with E-state index in [1.807, 2.05) is 39.0 Å². The Morgan fingerprint density at radius 2 is 1.72 bits per heavy atom. The van der Waals surface area contributed by atoms with Gasteiger partial charge >= 0.3 is 6.09 Å². The molecule has 0 radical (unpaired) electrons. The van der Waals surface area contributed by atoms with Crippen molar-refractivity contribution < 1.29 is 14.3 Å². The highest BCUT2D eigenvalue weighted by molar-refractivity contribution is 6.33. The van der Waals surface area contributed by atoms with Gasteiger partial charge in [-0.25, -0.2) is 9.78 Å². The lowest BCUT2D eigenvalue weighted by Crippen LogP contribution is -2.38. The monoisotopic (exact) mass is 452 g/mol. The van der Waals surface area contributed by atoms with Crippen LogP contribution in [0.3, 0.4) is 0 Å². The van der Waals surface area contributed by atoms with Crippen molar-refractivity contribution in [1.29, 1.82) is 0 Å². The summed E-state index contributed by atoms with van der Waals surface area (Å²) >= 11 is 5.99. The van der Waals surface area contributed by atoms with Crippen molar-refractivity contribution in [1.82, 2.24) is 9.97 Å². The molecule has 3 rings (SSSR count). The predicted octanol–water partition coefficient (Wildman–Crippen LogP) is 5.37. The van der Waals surface area contributed by atoms with Crippen LogP contribution in [0.25, 0.3) is 0 Å². The Hall–Kier alpha value is -3.45. The molecule has 0 atom stereocenters. The van der Waals surface area contributed by atoms with Crippen LogP contribution in [0.15, 0.2) is 67.0 Å². The fraction of sp³-hybridized carbons (Fsp3) is 0.250. The quantitative estimate of drug-likeness (QED) is 0.508. The largest absolute Gasteiger partial charge is 0.443 e. The summed E-state index contributed by atoms with van der Waals surface area (Å²) in [5.74, 6) is -0.366. The van der Waals surface area contributed by atoms with Crippen molar-refractivity contribution in [2.24, 2.45) is 0 Å². The molecule has 0 saturated heterocycles. The van der Waals surface area contributed by atoms with E-state index < -0.39 is 11.7 Å². The average Bonchev–Trinajstić information content (AvgIpc) is 2.75. The summed E-state index contributed by atoms with van der Waals surface area (Å²) in [6.45, 7) is 5.86. The number of pyridine rings is 2. The number of aromatic nitrogens is 2. The van der Waals surface area contributed by atoms with Gasteiger partial charge in [-0.3, -0.25) is 14.7 Å². The maximum atomic E-state index is 12.9. The number of rotatable bonds is 6. The van der Waals surface area contributed by atoms with Gasteiger partial charge in [0.15, 0.2) is 0 Å².